The van der Waals surface area contributed by atoms with Gasteiger partial charge in [-0.2, -0.15) is 0 Å². The molecule has 0 saturated heterocycles. The van der Waals surface area contributed by atoms with E-state index in [1.807, 2.05) is 24.4 Å². The van der Waals surface area contributed by atoms with E-state index in [9.17, 15) is 4.79 Å². The maximum Gasteiger partial charge on any atom is 0.243 e. The fraction of sp³-hybridized carbons (Fsp3) is 0.333. The summed E-state index contributed by atoms with van der Waals surface area (Å²) in [5.74, 6) is 0.0365. The topological polar surface area (TPSA) is 54.0 Å². The standard InChI is InChI=1S/C15H17N3OS/c1-2-11-8-16-14(20-11)9-17-15(19)13-7-10-5-3-4-6-12(10)18-13/h3-6,8,13,18H,2,7,9H2,1H3,(H,17,19)/t13-/m0/s1. The number of thiazole rings is 1. The Balaban J connectivity index is 1.56. The molecule has 0 fully saturated rings. The second-order valence-electron chi connectivity index (χ2n) is 4.85. The SMILES string of the molecule is CCc1cnc(CNC(=O)[C@@H]2Cc3ccccc3N2)s1. The minimum Gasteiger partial charge on any atom is -0.373 e. The summed E-state index contributed by atoms with van der Waals surface area (Å²) in [6.07, 6.45) is 3.63. The number of hydrogen-bond acceptors (Lipinski definition) is 4. The van der Waals surface area contributed by atoms with Crippen molar-refractivity contribution in [2.45, 2.75) is 32.4 Å². The lowest BCUT2D eigenvalue weighted by atomic mass is 10.1. The van der Waals surface area contributed by atoms with Gasteiger partial charge in [-0.3, -0.25) is 4.79 Å². The molecule has 2 heterocycles. The first kappa shape index (κ1) is 13.1. The summed E-state index contributed by atoms with van der Waals surface area (Å²) < 4.78 is 0. The molecule has 2 aromatic rings. The minimum atomic E-state index is -0.169. The average molecular weight is 287 g/mol. The molecule has 4 nitrogen and oxygen atoms in total. The second-order valence-corrected chi connectivity index (χ2v) is 6.05. The number of aryl methyl sites for hydroxylation is 1. The van der Waals surface area contributed by atoms with Gasteiger partial charge in [-0.15, -0.1) is 11.3 Å². The number of para-hydroxylation sites is 1. The van der Waals surface area contributed by atoms with Gasteiger partial charge < -0.3 is 10.6 Å². The van der Waals surface area contributed by atoms with Crippen LogP contribution in [0.4, 0.5) is 5.69 Å². The zero-order chi connectivity index (χ0) is 13.9. The molecular formula is C15H17N3OS. The number of nitrogens with one attached hydrogen (secondary N) is 2. The van der Waals surface area contributed by atoms with Crippen molar-refractivity contribution < 1.29 is 4.79 Å². The third-order valence-electron chi connectivity index (χ3n) is 3.45. The molecule has 0 saturated carbocycles. The third-order valence-corrected chi connectivity index (χ3v) is 4.59. The second kappa shape index (κ2) is 5.63. The van der Waals surface area contributed by atoms with Crippen molar-refractivity contribution in [3.8, 4) is 0 Å². The van der Waals surface area contributed by atoms with Gasteiger partial charge in [-0.05, 0) is 18.1 Å². The predicted molar refractivity (Wildman–Crippen MR) is 80.9 cm³/mol. The van der Waals surface area contributed by atoms with Crippen LogP contribution in [0.1, 0.15) is 22.4 Å². The van der Waals surface area contributed by atoms with Gasteiger partial charge in [0, 0.05) is 23.2 Å². The maximum absolute atomic E-state index is 12.2. The molecule has 20 heavy (non-hydrogen) atoms. The van der Waals surface area contributed by atoms with Crippen LogP contribution in [-0.4, -0.2) is 16.9 Å². The van der Waals surface area contributed by atoms with Gasteiger partial charge in [0.2, 0.25) is 5.91 Å². The van der Waals surface area contributed by atoms with Crippen molar-refractivity contribution >= 4 is 22.9 Å². The van der Waals surface area contributed by atoms with Gasteiger partial charge in [-0.25, -0.2) is 4.98 Å². The van der Waals surface area contributed by atoms with Gasteiger partial charge in [0.25, 0.3) is 0 Å². The van der Waals surface area contributed by atoms with Crippen molar-refractivity contribution in [1.82, 2.24) is 10.3 Å². The lowest BCUT2D eigenvalue weighted by Gasteiger charge is -2.10. The molecule has 104 valence electrons. The molecule has 1 atom stereocenters. The van der Waals surface area contributed by atoms with Crippen molar-refractivity contribution in [2.75, 3.05) is 5.32 Å². The maximum atomic E-state index is 12.2. The van der Waals surface area contributed by atoms with Crippen LogP contribution in [0.25, 0.3) is 0 Å². The fourth-order valence-electron chi connectivity index (χ4n) is 2.34. The molecule has 2 N–H and O–H groups in total. The number of carbonyl (C=O) groups is 1. The van der Waals surface area contributed by atoms with Crippen molar-refractivity contribution in [3.63, 3.8) is 0 Å². The quantitative estimate of drug-likeness (QED) is 0.907. The smallest absolute Gasteiger partial charge is 0.243 e. The number of aromatic nitrogens is 1. The minimum absolute atomic E-state index is 0.0365. The van der Waals surface area contributed by atoms with E-state index in [0.717, 1.165) is 23.5 Å². The molecule has 3 rings (SSSR count). The lowest BCUT2D eigenvalue weighted by molar-refractivity contribution is -0.121. The van der Waals surface area contributed by atoms with Crippen LogP contribution in [0.2, 0.25) is 0 Å². The summed E-state index contributed by atoms with van der Waals surface area (Å²) in [5, 5.41) is 7.18. The first-order valence-corrected chi connectivity index (χ1v) is 7.63. The van der Waals surface area contributed by atoms with Gasteiger partial charge in [-0.1, -0.05) is 25.1 Å². The lowest BCUT2D eigenvalue weighted by Crippen LogP contribution is -2.37. The van der Waals surface area contributed by atoms with E-state index in [2.05, 4.69) is 28.6 Å². The number of fused-ring (bicyclic) bond motifs is 1. The normalized spacial score (nSPS) is 16.6. The van der Waals surface area contributed by atoms with Crippen LogP contribution in [0.15, 0.2) is 30.5 Å². The van der Waals surface area contributed by atoms with E-state index >= 15 is 0 Å². The number of nitrogens with zero attached hydrogens (tertiary/aromatic N) is 1. The Hall–Kier alpha value is -1.88. The number of carbonyl (C=O) groups excluding carboxylic acids is 1. The number of hydrogen-bond donors (Lipinski definition) is 2. The fourth-order valence-corrected chi connectivity index (χ4v) is 3.14. The van der Waals surface area contributed by atoms with Crippen molar-refractivity contribution in [3.05, 3.63) is 45.9 Å². The molecule has 0 aliphatic carbocycles. The van der Waals surface area contributed by atoms with E-state index in [1.165, 1.54) is 10.4 Å². The molecule has 5 heteroatoms. The van der Waals surface area contributed by atoms with Crippen molar-refractivity contribution in [2.24, 2.45) is 0 Å². The van der Waals surface area contributed by atoms with Crippen molar-refractivity contribution in [1.29, 1.82) is 0 Å². The molecule has 0 bridgehead atoms. The van der Waals surface area contributed by atoms with Crippen LogP contribution >= 0.6 is 11.3 Å². The summed E-state index contributed by atoms with van der Waals surface area (Å²) in [6.45, 7) is 2.62. The van der Waals surface area contributed by atoms with Gasteiger partial charge in [0.05, 0.1) is 6.54 Å². The predicted octanol–water partition coefficient (Wildman–Crippen LogP) is 2.36. The molecule has 1 aliphatic heterocycles. The van der Waals surface area contributed by atoms with Crippen LogP contribution in [-0.2, 0) is 24.2 Å². The summed E-state index contributed by atoms with van der Waals surface area (Å²) in [6, 6.07) is 7.88. The average Bonchev–Trinajstić information content (AvgIpc) is 3.10. The van der Waals surface area contributed by atoms with E-state index < -0.39 is 0 Å². The number of anilines is 1. The largest absolute Gasteiger partial charge is 0.373 e. The highest BCUT2D eigenvalue weighted by atomic mass is 32.1. The molecule has 1 aliphatic rings. The zero-order valence-electron chi connectivity index (χ0n) is 11.3. The van der Waals surface area contributed by atoms with Gasteiger partial charge >= 0.3 is 0 Å². The van der Waals surface area contributed by atoms with E-state index in [-0.39, 0.29) is 11.9 Å². The number of amides is 1. The zero-order valence-corrected chi connectivity index (χ0v) is 12.2. The Morgan fingerprint density at radius 3 is 3.10 bits per heavy atom. The highest BCUT2D eigenvalue weighted by molar-refractivity contribution is 7.11. The van der Waals surface area contributed by atoms with Crippen LogP contribution in [0.3, 0.4) is 0 Å². The molecule has 0 spiro atoms. The highest BCUT2D eigenvalue weighted by Gasteiger charge is 2.26. The Labute approximate surface area is 122 Å². The first-order valence-electron chi connectivity index (χ1n) is 6.82. The van der Waals surface area contributed by atoms with Crippen LogP contribution < -0.4 is 10.6 Å². The van der Waals surface area contributed by atoms with E-state index in [1.54, 1.807) is 11.3 Å². The Bertz CT molecular complexity index is 598. The summed E-state index contributed by atoms with van der Waals surface area (Å²) >= 11 is 1.66. The van der Waals surface area contributed by atoms with E-state index in [4.69, 9.17) is 0 Å². The Kier molecular flexibility index (Phi) is 3.69. The third kappa shape index (κ3) is 2.67. The highest BCUT2D eigenvalue weighted by Crippen LogP contribution is 2.25. The van der Waals surface area contributed by atoms with E-state index in [0.29, 0.717) is 6.54 Å². The van der Waals surface area contributed by atoms with Gasteiger partial charge in [0.15, 0.2) is 0 Å². The molecular weight excluding hydrogens is 270 g/mol. The first-order chi connectivity index (χ1) is 9.76. The monoisotopic (exact) mass is 287 g/mol. The molecule has 0 radical (unpaired) electrons. The van der Waals surface area contributed by atoms with Gasteiger partial charge in [0.1, 0.15) is 11.0 Å². The van der Waals surface area contributed by atoms with Crippen LogP contribution in [0, 0.1) is 0 Å². The Morgan fingerprint density at radius 2 is 2.35 bits per heavy atom. The van der Waals surface area contributed by atoms with Crippen LogP contribution in [0.5, 0.6) is 0 Å². The summed E-state index contributed by atoms with van der Waals surface area (Å²) in [7, 11) is 0. The summed E-state index contributed by atoms with van der Waals surface area (Å²) in [5.41, 5.74) is 2.27. The molecule has 1 aromatic heterocycles. The molecule has 0 unspecified atom stereocenters. The number of rotatable bonds is 4. The summed E-state index contributed by atoms with van der Waals surface area (Å²) in [4.78, 5) is 17.7. The Morgan fingerprint density at radius 1 is 1.50 bits per heavy atom. The molecule has 1 amide bonds. The molecule has 1 aromatic carbocycles. The number of benzene rings is 1.